The quantitative estimate of drug-likeness (QED) is 0.737. The molecular formula is C13H20N2. The Balaban J connectivity index is 1.94. The van der Waals surface area contributed by atoms with E-state index in [-0.39, 0.29) is 0 Å². The number of rotatable bonds is 2. The fraction of sp³-hybridized carbons (Fsp3) is 0.692. The molecular weight excluding hydrogens is 184 g/mol. The first kappa shape index (κ1) is 10.6. The van der Waals surface area contributed by atoms with Crippen LogP contribution in [-0.4, -0.2) is 9.97 Å². The molecule has 2 nitrogen and oxygen atoms in total. The molecule has 15 heavy (non-hydrogen) atoms. The Kier molecular flexibility index (Phi) is 3.34. The maximum absolute atomic E-state index is 4.36. The minimum absolute atomic E-state index is 0.612. The Morgan fingerprint density at radius 3 is 2.20 bits per heavy atom. The maximum Gasteiger partial charge on any atom is 0.131 e. The van der Waals surface area contributed by atoms with Crippen LogP contribution in [0.3, 0.4) is 0 Å². The summed E-state index contributed by atoms with van der Waals surface area (Å²) in [4.78, 5) is 8.72. The smallest absolute Gasteiger partial charge is 0.131 e. The first-order chi connectivity index (χ1) is 7.27. The molecule has 1 aliphatic carbocycles. The van der Waals surface area contributed by atoms with Crippen LogP contribution in [0, 0.1) is 11.8 Å². The second-order valence-corrected chi connectivity index (χ2v) is 4.96. The third kappa shape index (κ3) is 2.55. The molecule has 0 spiro atoms. The zero-order valence-electron chi connectivity index (χ0n) is 9.69. The summed E-state index contributed by atoms with van der Waals surface area (Å²) in [5.74, 6) is 3.42. The van der Waals surface area contributed by atoms with Crippen LogP contribution >= 0.6 is 0 Å². The van der Waals surface area contributed by atoms with Gasteiger partial charge in [-0.25, -0.2) is 9.97 Å². The number of nitrogens with zero attached hydrogens (tertiary/aromatic N) is 2. The molecule has 0 amide bonds. The molecule has 0 saturated heterocycles. The highest BCUT2D eigenvalue weighted by molar-refractivity contribution is 4.98. The van der Waals surface area contributed by atoms with E-state index in [0.29, 0.717) is 5.92 Å². The van der Waals surface area contributed by atoms with E-state index >= 15 is 0 Å². The minimum Gasteiger partial charge on any atom is -0.241 e. The first-order valence-electron chi connectivity index (χ1n) is 6.04. The first-order valence-corrected chi connectivity index (χ1v) is 6.04. The summed E-state index contributed by atoms with van der Waals surface area (Å²) in [5, 5.41) is 0. The summed E-state index contributed by atoms with van der Waals surface area (Å²) >= 11 is 0. The molecule has 0 aromatic carbocycles. The Morgan fingerprint density at radius 1 is 1.07 bits per heavy atom. The van der Waals surface area contributed by atoms with Crippen LogP contribution in [0.5, 0.6) is 0 Å². The highest BCUT2D eigenvalue weighted by atomic mass is 14.9. The highest BCUT2D eigenvalue weighted by Crippen LogP contribution is 2.37. The zero-order valence-corrected chi connectivity index (χ0v) is 9.69. The van der Waals surface area contributed by atoms with Gasteiger partial charge in [0.25, 0.3) is 0 Å². The van der Waals surface area contributed by atoms with Gasteiger partial charge < -0.3 is 0 Å². The number of aromatic nitrogens is 2. The lowest BCUT2D eigenvalue weighted by Gasteiger charge is -2.29. The van der Waals surface area contributed by atoms with E-state index in [1.165, 1.54) is 25.7 Å². The van der Waals surface area contributed by atoms with Gasteiger partial charge in [-0.1, -0.05) is 13.8 Å². The standard InChI is InChI=1S/C13H20N2/c1-10(2)11-4-6-12(7-5-11)13-14-8-3-9-15-13/h3,8-12H,4-7H2,1-2H3. The van der Waals surface area contributed by atoms with Crippen molar-refractivity contribution in [3.8, 4) is 0 Å². The summed E-state index contributed by atoms with van der Waals surface area (Å²) in [6, 6.07) is 1.89. The van der Waals surface area contributed by atoms with Gasteiger partial charge in [0, 0.05) is 18.3 Å². The fourth-order valence-electron chi connectivity index (χ4n) is 2.57. The molecule has 0 bridgehead atoms. The summed E-state index contributed by atoms with van der Waals surface area (Å²) in [7, 11) is 0. The molecule has 0 atom stereocenters. The van der Waals surface area contributed by atoms with Gasteiger partial charge in [-0.3, -0.25) is 0 Å². The topological polar surface area (TPSA) is 25.8 Å². The zero-order chi connectivity index (χ0) is 10.7. The van der Waals surface area contributed by atoms with Gasteiger partial charge in [-0.05, 0) is 43.6 Å². The molecule has 0 aliphatic heterocycles. The monoisotopic (exact) mass is 204 g/mol. The van der Waals surface area contributed by atoms with E-state index < -0.39 is 0 Å². The Bertz CT molecular complexity index is 287. The van der Waals surface area contributed by atoms with Crippen molar-refractivity contribution in [2.45, 2.75) is 45.4 Å². The molecule has 1 aliphatic rings. The van der Waals surface area contributed by atoms with Crippen molar-refractivity contribution >= 4 is 0 Å². The van der Waals surface area contributed by atoms with Crippen molar-refractivity contribution in [3.05, 3.63) is 24.3 Å². The van der Waals surface area contributed by atoms with Crippen molar-refractivity contribution in [3.63, 3.8) is 0 Å². The van der Waals surface area contributed by atoms with Crippen LogP contribution < -0.4 is 0 Å². The molecule has 1 saturated carbocycles. The predicted molar refractivity (Wildman–Crippen MR) is 61.6 cm³/mol. The lowest BCUT2D eigenvalue weighted by molar-refractivity contribution is 0.255. The van der Waals surface area contributed by atoms with Crippen molar-refractivity contribution in [2.75, 3.05) is 0 Å². The highest BCUT2D eigenvalue weighted by Gasteiger charge is 2.25. The normalized spacial score (nSPS) is 26.9. The molecule has 1 heterocycles. The maximum atomic E-state index is 4.36. The second-order valence-electron chi connectivity index (χ2n) is 4.96. The lowest BCUT2D eigenvalue weighted by atomic mass is 9.77. The molecule has 1 aromatic rings. The van der Waals surface area contributed by atoms with Crippen LogP contribution in [0.15, 0.2) is 18.5 Å². The van der Waals surface area contributed by atoms with Crippen molar-refractivity contribution < 1.29 is 0 Å². The van der Waals surface area contributed by atoms with E-state index in [2.05, 4.69) is 23.8 Å². The van der Waals surface area contributed by atoms with E-state index in [9.17, 15) is 0 Å². The lowest BCUT2D eigenvalue weighted by Crippen LogP contribution is -2.18. The molecule has 0 N–H and O–H groups in total. The summed E-state index contributed by atoms with van der Waals surface area (Å²) in [6.07, 6.45) is 8.95. The molecule has 1 fully saturated rings. The third-order valence-electron chi connectivity index (χ3n) is 3.67. The number of hydrogen-bond donors (Lipinski definition) is 0. The van der Waals surface area contributed by atoms with Crippen LogP contribution in [0.2, 0.25) is 0 Å². The average Bonchev–Trinajstić information content (AvgIpc) is 2.30. The van der Waals surface area contributed by atoms with Crippen molar-refractivity contribution in [1.82, 2.24) is 9.97 Å². The van der Waals surface area contributed by atoms with Gasteiger partial charge in [0.05, 0.1) is 0 Å². The van der Waals surface area contributed by atoms with Crippen molar-refractivity contribution in [1.29, 1.82) is 0 Å². The number of hydrogen-bond acceptors (Lipinski definition) is 2. The Morgan fingerprint density at radius 2 is 1.67 bits per heavy atom. The Hall–Kier alpha value is -0.920. The molecule has 0 unspecified atom stereocenters. The molecule has 2 heteroatoms. The van der Waals surface area contributed by atoms with E-state index in [0.717, 1.165) is 17.7 Å². The van der Waals surface area contributed by atoms with Gasteiger partial charge >= 0.3 is 0 Å². The molecule has 2 rings (SSSR count). The summed E-state index contributed by atoms with van der Waals surface area (Å²) in [5.41, 5.74) is 0. The van der Waals surface area contributed by atoms with Crippen LogP contribution in [0.1, 0.15) is 51.3 Å². The minimum atomic E-state index is 0.612. The molecule has 1 aromatic heterocycles. The van der Waals surface area contributed by atoms with Gasteiger partial charge in [0.2, 0.25) is 0 Å². The second kappa shape index (κ2) is 4.73. The SMILES string of the molecule is CC(C)C1CCC(c2ncccn2)CC1. The van der Waals surface area contributed by atoms with Crippen LogP contribution in [0.25, 0.3) is 0 Å². The largest absolute Gasteiger partial charge is 0.241 e. The van der Waals surface area contributed by atoms with E-state index in [1.807, 2.05) is 18.5 Å². The van der Waals surface area contributed by atoms with Gasteiger partial charge in [-0.15, -0.1) is 0 Å². The van der Waals surface area contributed by atoms with E-state index in [1.54, 1.807) is 0 Å². The van der Waals surface area contributed by atoms with Crippen LogP contribution in [0.4, 0.5) is 0 Å². The van der Waals surface area contributed by atoms with Gasteiger partial charge in [0.1, 0.15) is 5.82 Å². The molecule has 0 radical (unpaired) electrons. The molecule has 82 valence electrons. The Labute approximate surface area is 92.1 Å². The van der Waals surface area contributed by atoms with Crippen LogP contribution in [-0.2, 0) is 0 Å². The summed E-state index contributed by atoms with van der Waals surface area (Å²) in [6.45, 7) is 4.67. The van der Waals surface area contributed by atoms with Crippen molar-refractivity contribution in [2.24, 2.45) is 11.8 Å². The summed E-state index contributed by atoms with van der Waals surface area (Å²) < 4.78 is 0. The fourth-order valence-corrected chi connectivity index (χ4v) is 2.57. The van der Waals surface area contributed by atoms with Gasteiger partial charge in [-0.2, -0.15) is 0 Å². The average molecular weight is 204 g/mol. The third-order valence-corrected chi connectivity index (χ3v) is 3.67. The van der Waals surface area contributed by atoms with E-state index in [4.69, 9.17) is 0 Å². The van der Waals surface area contributed by atoms with Gasteiger partial charge in [0.15, 0.2) is 0 Å². The predicted octanol–water partition coefficient (Wildman–Crippen LogP) is 3.41.